The van der Waals surface area contributed by atoms with Crippen LogP contribution >= 0.6 is 0 Å². The van der Waals surface area contributed by atoms with Crippen molar-refractivity contribution in [3.63, 3.8) is 0 Å². The van der Waals surface area contributed by atoms with Gasteiger partial charge >= 0.3 is 0 Å². The van der Waals surface area contributed by atoms with Crippen LogP contribution < -0.4 is 0 Å². The van der Waals surface area contributed by atoms with E-state index in [4.69, 9.17) is 0 Å². The largest absolute Gasteiger partial charge is 0.198 e. The van der Waals surface area contributed by atoms with Crippen LogP contribution in [0.3, 0.4) is 0 Å². The van der Waals surface area contributed by atoms with E-state index in [0.717, 1.165) is 12.3 Å². The lowest BCUT2D eigenvalue weighted by Gasteiger charge is -2.25. The fraction of sp³-hybridized carbons (Fsp3) is 0.933. The minimum absolute atomic E-state index is 0.363. The summed E-state index contributed by atoms with van der Waals surface area (Å²) in [5.74, 6) is 1.09. The van der Waals surface area contributed by atoms with E-state index in [1.54, 1.807) is 0 Å². The Hall–Kier alpha value is -0.510. The summed E-state index contributed by atoms with van der Waals surface area (Å²) in [6, 6.07) is 2.56. The second kappa shape index (κ2) is 8.62. The molecule has 1 atom stereocenters. The van der Waals surface area contributed by atoms with Gasteiger partial charge in [0.1, 0.15) is 0 Å². The molecule has 0 aromatic rings. The molecule has 0 bridgehead atoms. The number of nitrogens with zero attached hydrogens (tertiary/aromatic N) is 1. The molecule has 0 spiro atoms. The van der Waals surface area contributed by atoms with Crippen molar-refractivity contribution < 1.29 is 0 Å². The van der Waals surface area contributed by atoms with Gasteiger partial charge in [0.2, 0.25) is 0 Å². The van der Waals surface area contributed by atoms with Gasteiger partial charge in [-0.15, -0.1) is 0 Å². The summed E-state index contributed by atoms with van der Waals surface area (Å²) in [6.45, 7) is 2.25. The molecule has 0 aromatic carbocycles. The highest BCUT2D eigenvalue weighted by Crippen LogP contribution is 2.32. The summed E-state index contributed by atoms with van der Waals surface area (Å²) in [5, 5.41) is 9.23. The number of hydrogen-bond donors (Lipinski definition) is 0. The summed E-state index contributed by atoms with van der Waals surface area (Å²) in [5.41, 5.74) is 0. The average molecular weight is 221 g/mol. The van der Waals surface area contributed by atoms with Gasteiger partial charge < -0.3 is 0 Å². The Bertz CT molecular complexity index is 198. The molecule has 1 unspecified atom stereocenters. The lowest BCUT2D eigenvalue weighted by atomic mass is 9.78. The third-order valence-corrected chi connectivity index (χ3v) is 4.00. The van der Waals surface area contributed by atoms with Crippen LogP contribution in [0.5, 0.6) is 0 Å². The summed E-state index contributed by atoms with van der Waals surface area (Å²) >= 11 is 0. The molecule has 16 heavy (non-hydrogen) atoms. The van der Waals surface area contributed by atoms with Gasteiger partial charge in [0.05, 0.1) is 6.07 Å². The maximum absolute atomic E-state index is 9.23. The van der Waals surface area contributed by atoms with Crippen molar-refractivity contribution in [3.05, 3.63) is 0 Å². The molecule has 0 aliphatic heterocycles. The zero-order valence-corrected chi connectivity index (χ0v) is 10.9. The van der Waals surface area contributed by atoms with Crippen LogP contribution in [-0.2, 0) is 0 Å². The van der Waals surface area contributed by atoms with Crippen molar-refractivity contribution >= 4 is 0 Å². The van der Waals surface area contributed by atoms with E-state index in [1.165, 1.54) is 64.2 Å². The standard InChI is InChI=1S/C15H27N/c1-2-3-4-5-7-12-15(13-16)14-10-8-6-9-11-14/h14-15H,2-12H2,1H3. The normalized spacial score (nSPS) is 19.2. The number of nitriles is 1. The lowest BCUT2D eigenvalue weighted by molar-refractivity contribution is 0.275. The van der Waals surface area contributed by atoms with Gasteiger partial charge in [-0.3, -0.25) is 0 Å². The van der Waals surface area contributed by atoms with Crippen molar-refractivity contribution in [2.45, 2.75) is 77.6 Å². The third kappa shape index (κ3) is 5.01. The molecule has 1 rings (SSSR count). The highest BCUT2D eigenvalue weighted by atomic mass is 14.3. The predicted molar refractivity (Wildman–Crippen MR) is 69.1 cm³/mol. The second-order valence-electron chi connectivity index (χ2n) is 5.34. The Morgan fingerprint density at radius 3 is 2.38 bits per heavy atom. The van der Waals surface area contributed by atoms with Crippen LogP contribution in [0.2, 0.25) is 0 Å². The SMILES string of the molecule is CCCCCCCC(C#N)C1CCCCC1. The van der Waals surface area contributed by atoms with Crippen LogP contribution in [0.1, 0.15) is 77.6 Å². The molecule has 0 aromatic heterocycles. The molecule has 0 radical (unpaired) electrons. The van der Waals surface area contributed by atoms with Crippen molar-refractivity contribution in [1.29, 1.82) is 5.26 Å². The van der Waals surface area contributed by atoms with E-state index < -0.39 is 0 Å². The van der Waals surface area contributed by atoms with Crippen molar-refractivity contribution in [2.75, 3.05) is 0 Å². The van der Waals surface area contributed by atoms with Crippen molar-refractivity contribution in [2.24, 2.45) is 11.8 Å². The summed E-state index contributed by atoms with van der Waals surface area (Å²) < 4.78 is 0. The predicted octanol–water partition coefficient (Wildman–Crippen LogP) is 5.07. The minimum atomic E-state index is 0.363. The fourth-order valence-electron chi connectivity index (χ4n) is 2.91. The molecule has 1 aliphatic carbocycles. The average Bonchev–Trinajstić information content (AvgIpc) is 2.35. The molecule has 1 fully saturated rings. The van der Waals surface area contributed by atoms with Crippen LogP contribution in [0, 0.1) is 23.2 Å². The first kappa shape index (κ1) is 13.6. The van der Waals surface area contributed by atoms with E-state index >= 15 is 0 Å². The van der Waals surface area contributed by atoms with E-state index in [0.29, 0.717) is 5.92 Å². The Morgan fingerprint density at radius 2 is 1.75 bits per heavy atom. The molecule has 92 valence electrons. The Labute approximate surface area is 101 Å². The first-order valence-electron chi connectivity index (χ1n) is 7.28. The molecule has 0 saturated heterocycles. The minimum Gasteiger partial charge on any atom is -0.198 e. The Kier molecular flexibility index (Phi) is 7.30. The van der Waals surface area contributed by atoms with Gasteiger partial charge in [0, 0.05) is 5.92 Å². The van der Waals surface area contributed by atoms with E-state index in [2.05, 4.69) is 13.0 Å². The van der Waals surface area contributed by atoms with Gasteiger partial charge in [-0.25, -0.2) is 0 Å². The molecular formula is C15H27N. The quantitative estimate of drug-likeness (QED) is 0.551. The topological polar surface area (TPSA) is 23.8 Å². The van der Waals surface area contributed by atoms with Gasteiger partial charge in [-0.1, -0.05) is 58.3 Å². The zero-order chi connectivity index (χ0) is 11.6. The molecule has 1 heteroatoms. The smallest absolute Gasteiger partial charge is 0.0658 e. The van der Waals surface area contributed by atoms with Gasteiger partial charge in [0.15, 0.2) is 0 Å². The van der Waals surface area contributed by atoms with Crippen LogP contribution in [0.4, 0.5) is 0 Å². The highest BCUT2D eigenvalue weighted by Gasteiger charge is 2.22. The molecule has 0 N–H and O–H groups in total. The number of rotatable bonds is 7. The van der Waals surface area contributed by atoms with Crippen LogP contribution in [0.25, 0.3) is 0 Å². The zero-order valence-electron chi connectivity index (χ0n) is 10.9. The van der Waals surface area contributed by atoms with Crippen LogP contribution in [-0.4, -0.2) is 0 Å². The molecule has 1 aliphatic rings. The molecule has 1 nitrogen and oxygen atoms in total. The monoisotopic (exact) mass is 221 g/mol. The summed E-state index contributed by atoms with van der Waals surface area (Å²) in [6.07, 6.45) is 14.5. The maximum Gasteiger partial charge on any atom is 0.0658 e. The lowest BCUT2D eigenvalue weighted by Crippen LogP contribution is -2.16. The van der Waals surface area contributed by atoms with E-state index in [-0.39, 0.29) is 0 Å². The van der Waals surface area contributed by atoms with E-state index in [9.17, 15) is 5.26 Å². The molecule has 0 amide bonds. The Balaban J connectivity index is 2.13. The molecular weight excluding hydrogens is 194 g/mol. The number of hydrogen-bond acceptors (Lipinski definition) is 1. The summed E-state index contributed by atoms with van der Waals surface area (Å²) in [4.78, 5) is 0. The Morgan fingerprint density at radius 1 is 1.06 bits per heavy atom. The van der Waals surface area contributed by atoms with Gasteiger partial charge in [-0.05, 0) is 25.2 Å². The first-order valence-corrected chi connectivity index (χ1v) is 7.28. The third-order valence-electron chi connectivity index (χ3n) is 4.00. The van der Waals surface area contributed by atoms with E-state index in [1.807, 2.05) is 0 Å². The van der Waals surface area contributed by atoms with Gasteiger partial charge in [-0.2, -0.15) is 5.26 Å². The molecule has 0 heterocycles. The highest BCUT2D eigenvalue weighted by molar-refractivity contribution is 4.89. The second-order valence-corrected chi connectivity index (χ2v) is 5.34. The first-order chi connectivity index (χ1) is 7.88. The fourth-order valence-corrected chi connectivity index (χ4v) is 2.91. The van der Waals surface area contributed by atoms with Crippen LogP contribution in [0.15, 0.2) is 0 Å². The van der Waals surface area contributed by atoms with Crippen molar-refractivity contribution in [1.82, 2.24) is 0 Å². The van der Waals surface area contributed by atoms with Crippen molar-refractivity contribution in [3.8, 4) is 6.07 Å². The maximum atomic E-state index is 9.23. The molecule has 1 saturated carbocycles. The van der Waals surface area contributed by atoms with Gasteiger partial charge in [0.25, 0.3) is 0 Å². The number of unbranched alkanes of at least 4 members (excludes halogenated alkanes) is 4. The summed E-state index contributed by atoms with van der Waals surface area (Å²) in [7, 11) is 0.